The third kappa shape index (κ3) is 5.46. The molecule has 3 heterocycles. The van der Waals surface area contributed by atoms with Crippen LogP contribution < -0.4 is 4.74 Å². The average Bonchev–Trinajstić information content (AvgIpc) is 3.43. The van der Waals surface area contributed by atoms with Gasteiger partial charge in [-0.2, -0.15) is 15.2 Å². The predicted molar refractivity (Wildman–Crippen MR) is 144 cm³/mol. The SMILES string of the molecule is COc1ccc([C@@H]2CC(c3ccc(Br)cc3)=NN2C(=O)CSC2=NN3CCCC(=O)N=C3S2)cc1. The summed E-state index contributed by atoms with van der Waals surface area (Å²) in [5.74, 6) is 0.720. The molecule has 3 aliphatic rings. The number of amidine groups is 1. The lowest BCUT2D eigenvalue weighted by molar-refractivity contribution is -0.130. The summed E-state index contributed by atoms with van der Waals surface area (Å²) in [7, 11) is 1.63. The van der Waals surface area contributed by atoms with Crippen LogP contribution in [0, 0.1) is 0 Å². The number of thioether (sulfide) groups is 2. The van der Waals surface area contributed by atoms with Crippen LogP contribution in [-0.2, 0) is 9.59 Å². The van der Waals surface area contributed by atoms with Crippen LogP contribution in [-0.4, -0.2) is 56.5 Å². The summed E-state index contributed by atoms with van der Waals surface area (Å²) in [5, 5.41) is 13.2. The van der Waals surface area contributed by atoms with E-state index < -0.39 is 0 Å². The maximum absolute atomic E-state index is 13.4. The van der Waals surface area contributed by atoms with Gasteiger partial charge in [0.25, 0.3) is 5.91 Å². The minimum Gasteiger partial charge on any atom is -0.497 e. The lowest BCUT2D eigenvalue weighted by Crippen LogP contribution is -2.28. The fourth-order valence-electron chi connectivity index (χ4n) is 3.95. The number of aliphatic imine (C=N–C) groups is 1. The van der Waals surface area contributed by atoms with Crippen LogP contribution in [0.3, 0.4) is 0 Å². The molecule has 0 saturated heterocycles. The molecule has 2 aromatic carbocycles. The Morgan fingerprint density at radius 1 is 1.17 bits per heavy atom. The lowest BCUT2D eigenvalue weighted by atomic mass is 9.98. The Labute approximate surface area is 220 Å². The zero-order chi connectivity index (χ0) is 24.4. The number of carbonyl (C=O) groups is 2. The number of ether oxygens (including phenoxy) is 1. The molecule has 0 spiro atoms. The number of rotatable bonds is 5. The molecule has 2 aromatic rings. The second-order valence-electron chi connectivity index (χ2n) is 8.06. The summed E-state index contributed by atoms with van der Waals surface area (Å²) in [6.45, 7) is 0.655. The third-order valence-corrected chi connectivity index (χ3v) is 8.34. The normalized spacial score (nSPS) is 19.7. The predicted octanol–water partition coefficient (Wildman–Crippen LogP) is 4.86. The van der Waals surface area contributed by atoms with Crippen LogP contribution in [0.5, 0.6) is 5.75 Å². The molecule has 0 fully saturated rings. The summed E-state index contributed by atoms with van der Waals surface area (Å²) in [4.78, 5) is 29.3. The van der Waals surface area contributed by atoms with Gasteiger partial charge in [0.05, 0.1) is 24.6 Å². The molecule has 0 unspecified atom stereocenters. The fourth-order valence-corrected chi connectivity index (χ4v) is 6.07. The van der Waals surface area contributed by atoms with Crippen LogP contribution >= 0.6 is 39.5 Å². The largest absolute Gasteiger partial charge is 0.497 e. The number of methoxy groups -OCH3 is 1. The molecule has 180 valence electrons. The molecule has 0 saturated carbocycles. The second kappa shape index (κ2) is 10.5. The molecule has 8 nitrogen and oxygen atoms in total. The first kappa shape index (κ1) is 24.1. The summed E-state index contributed by atoms with van der Waals surface area (Å²) in [5.41, 5.74) is 2.85. The lowest BCUT2D eigenvalue weighted by Gasteiger charge is -2.22. The quantitative estimate of drug-likeness (QED) is 0.509. The van der Waals surface area contributed by atoms with Gasteiger partial charge in [-0.1, -0.05) is 52.0 Å². The Morgan fingerprint density at radius 3 is 2.69 bits per heavy atom. The van der Waals surface area contributed by atoms with Crippen molar-refractivity contribution in [2.75, 3.05) is 19.4 Å². The number of carbonyl (C=O) groups excluding carboxylic acids is 2. The van der Waals surface area contributed by atoms with E-state index in [4.69, 9.17) is 9.84 Å². The van der Waals surface area contributed by atoms with E-state index in [1.165, 1.54) is 23.5 Å². The number of hydrazone groups is 2. The molecule has 3 aliphatic heterocycles. The smallest absolute Gasteiger partial charge is 0.253 e. The van der Waals surface area contributed by atoms with E-state index in [2.05, 4.69) is 26.0 Å². The highest BCUT2D eigenvalue weighted by atomic mass is 79.9. The van der Waals surface area contributed by atoms with Crippen LogP contribution in [0.4, 0.5) is 0 Å². The number of fused-ring (bicyclic) bond motifs is 1. The van der Waals surface area contributed by atoms with Crippen LogP contribution in [0.25, 0.3) is 0 Å². The first-order chi connectivity index (χ1) is 17.0. The number of hydrogen-bond donors (Lipinski definition) is 0. The van der Waals surface area contributed by atoms with Gasteiger partial charge in [-0.25, -0.2) is 10.0 Å². The molecule has 0 radical (unpaired) electrons. The van der Waals surface area contributed by atoms with Gasteiger partial charge in [-0.05, 0) is 53.6 Å². The Hall–Kier alpha value is -2.63. The Bertz CT molecular complexity index is 1230. The summed E-state index contributed by atoms with van der Waals surface area (Å²) < 4.78 is 6.99. The minimum atomic E-state index is -0.206. The molecule has 2 amide bonds. The Morgan fingerprint density at radius 2 is 1.94 bits per heavy atom. The summed E-state index contributed by atoms with van der Waals surface area (Å²) in [6.07, 6.45) is 1.78. The highest BCUT2D eigenvalue weighted by Gasteiger charge is 2.34. The van der Waals surface area contributed by atoms with Crippen LogP contribution in [0.1, 0.15) is 36.4 Å². The molecule has 0 bridgehead atoms. The van der Waals surface area contributed by atoms with Crippen molar-refractivity contribution in [1.82, 2.24) is 10.0 Å². The second-order valence-corrected chi connectivity index (χ2v) is 11.2. The average molecular weight is 573 g/mol. The molecule has 0 aromatic heterocycles. The van der Waals surface area contributed by atoms with Gasteiger partial charge in [0.15, 0.2) is 9.54 Å². The van der Waals surface area contributed by atoms with Crippen molar-refractivity contribution in [2.24, 2.45) is 15.2 Å². The zero-order valence-corrected chi connectivity index (χ0v) is 22.1. The van der Waals surface area contributed by atoms with E-state index in [9.17, 15) is 9.59 Å². The number of amides is 2. The molecular weight excluding hydrogens is 550 g/mol. The zero-order valence-electron chi connectivity index (χ0n) is 18.9. The van der Waals surface area contributed by atoms with E-state index in [0.717, 1.165) is 33.5 Å². The van der Waals surface area contributed by atoms with Gasteiger partial charge < -0.3 is 4.74 Å². The molecule has 0 N–H and O–H groups in total. The Balaban J connectivity index is 1.33. The maximum Gasteiger partial charge on any atom is 0.253 e. The monoisotopic (exact) mass is 571 g/mol. The molecule has 1 atom stereocenters. The highest BCUT2D eigenvalue weighted by Crippen LogP contribution is 2.35. The van der Waals surface area contributed by atoms with Gasteiger partial charge in [0, 0.05) is 23.9 Å². The van der Waals surface area contributed by atoms with Gasteiger partial charge in [-0.3, -0.25) is 9.59 Å². The van der Waals surface area contributed by atoms with E-state index in [0.29, 0.717) is 28.9 Å². The topological polar surface area (TPSA) is 86.9 Å². The van der Waals surface area contributed by atoms with Crippen LogP contribution in [0.15, 0.2) is 68.2 Å². The molecule has 35 heavy (non-hydrogen) atoms. The fraction of sp³-hybridized carbons (Fsp3) is 0.292. The van der Waals surface area contributed by atoms with Gasteiger partial charge in [0.2, 0.25) is 5.91 Å². The van der Waals surface area contributed by atoms with Gasteiger partial charge in [-0.15, -0.1) is 0 Å². The number of benzene rings is 2. The van der Waals surface area contributed by atoms with E-state index in [1.807, 2.05) is 48.5 Å². The summed E-state index contributed by atoms with van der Waals surface area (Å²) >= 11 is 6.16. The van der Waals surface area contributed by atoms with Crippen molar-refractivity contribution in [2.45, 2.75) is 25.3 Å². The molecular formula is C24H22BrN5O3S2. The first-order valence-corrected chi connectivity index (χ1v) is 13.7. The maximum atomic E-state index is 13.4. The number of halogens is 1. The number of hydrogen-bond acceptors (Lipinski definition) is 8. The molecule has 11 heteroatoms. The van der Waals surface area contributed by atoms with Crippen molar-refractivity contribution < 1.29 is 14.3 Å². The highest BCUT2D eigenvalue weighted by molar-refractivity contribution is 9.10. The Kier molecular flexibility index (Phi) is 7.26. The van der Waals surface area contributed by atoms with Gasteiger partial charge >= 0.3 is 0 Å². The minimum absolute atomic E-state index is 0.105. The summed E-state index contributed by atoms with van der Waals surface area (Å²) in [6, 6.07) is 15.5. The standard InChI is InChI=1S/C24H22BrN5O3S2/c1-33-18-10-6-16(7-11-18)20-13-19(15-4-8-17(25)9-5-15)27-30(20)22(32)14-34-24-28-29-12-2-3-21(31)26-23(29)35-24/h4-11,20H,2-3,12-14H2,1H3/t20-/m0/s1. The van der Waals surface area contributed by atoms with Crippen molar-refractivity contribution in [3.05, 3.63) is 64.1 Å². The number of nitrogens with zero attached hydrogens (tertiary/aromatic N) is 5. The van der Waals surface area contributed by atoms with Gasteiger partial charge in [0.1, 0.15) is 5.75 Å². The van der Waals surface area contributed by atoms with Crippen LogP contribution in [0.2, 0.25) is 0 Å². The van der Waals surface area contributed by atoms with Crippen molar-refractivity contribution >= 4 is 66.5 Å². The van der Waals surface area contributed by atoms with E-state index in [1.54, 1.807) is 17.1 Å². The molecule has 5 rings (SSSR count). The van der Waals surface area contributed by atoms with Crippen molar-refractivity contribution in [3.8, 4) is 5.75 Å². The van der Waals surface area contributed by atoms with Crippen molar-refractivity contribution in [3.63, 3.8) is 0 Å². The first-order valence-electron chi connectivity index (χ1n) is 11.1. The van der Waals surface area contributed by atoms with E-state index in [-0.39, 0.29) is 23.6 Å². The third-order valence-electron chi connectivity index (χ3n) is 5.75. The van der Waals surface area contributed by atoms with Crippen molar-refractivity contribution in [1.29, 1.82) is 0 Å². The molecule has 0 aliphatic carbocycles. The van der Waals surface area contributed by atoms with E-state index >= 15 is 0 Å².